The van der Waals surface area contributed by atoms with Gasteiger partial charge in [-0.1, -0.05) is 9.97 Å². The van der Waals surface area contributed by atoms with E-state index in [4.69, 9.17) is 0 Å². The average Bonchev–Trinajstić information content (AvgIpc) is 3.01. The van der Waals surface area contributed by atoms with Gasteiger partial charge in [0.25, 0.3) is 0 Å². The number of aromatic hydroxyl groups is 1. The fourth-order valence-electron chi connectivity index (χ4n) is 2.60. The van der Waals surface area contributed by atoms with Gasteiger partial charge >= 0.3 is 17.3 Å². The number of aromatic amines is 3. The van der Waals surface area contributed by atoms with Gasteiger partial charge in [-0.05, 0) is 18.9 Å². The van der Waals surface area contributed by atoms with Crippen LogP contribution in [0.5, 0.6) is 5.88 Å². The highest BCUT2D eigenvalue weighted by Crippen LogP contribution is 2.22. The zero-order valence-corrected chi connectivity index (χ0v) is 13.4. The molecule has 11 heteroatoms. The van der Waals surface area contributed by atoms with Crippen LogP contribution in [0, 0.1) is 0 Å². The molecule has 26 heavy (non-hydrogen) atoms. The second-order valence-corrected chi connectivity index (χ2v) is 6.02. The van der Waals surface area contributed by atoms with Crippen molar-refractivity contribution in [3.05, 3.63) is 51.9 Å². The highest BCUT2D eigenvalue weighted by Gasteiger charge is 2.22. The number of nitrogens with zero attached hydrogens (tertiary/aromatic N) is 6. The first kappa shape index (κ1) is 14.6. The number of nitrogens with one attached hydrogen (secondary N) is 3. The smallest absolute Gasteiger partial charge is 0.394 e. The van der Waals surface area contributed by atoms with Gasteiger partial charge < -0.3 is 10.1 Å². The summed E-state index contributed by atoms with van der Waals surface area (Å²) in [5.41, 5.74) is 0.741. The molecule has 0 amide bonds. The van der Waals surface area contributed by atoms with Crippen LogP contribution in [-0.2, 0) is 0 Å². The molecule has 0 atom stereocenters. The van der Waals surface area contributed by atoms with Crippen molar-refractivity contribution in [1.82, 2.24) is 34.5 Å². The maximum Gasteiger partial charge on any atom is 0.394 e. The van der Waals surface area contributed by atoms with Gasteiger partial charge in [0, 0.05) is 0 Å². The fourth-order valence-corrected chi connectivity index (χ4v) is 2.60. The van der Waals surface area contributed by atoms with Gasteiger partial charge in [-0.25, -0.2) is 9.79 Å². The summed E-state index contributed by atoms with van der Waals surface area (Å²) in [5.74, 6) is 0.201. The van der Waals surface area contributed by atoms with E-state index in [0.717, 1.165) is 12.8 Å². The normalized spacial score (nSPS) is 16.0. The quantitative estimate of drug-likeness (QED) is 0.317. The van der Waals surface area contributed by atoms with Crippen LogP contribution in [0.3, 0.4) is 0 Å². The van der Waals surface area contributed by atoms with Crippen molar-refractivity contribution >= 4 is 11.7 Å². The van der Waals surface area contributed by atoms with Gasteiger partial charge in [0.2, 0.25) is 11.5 Å². The fraction of sp³-hybridized carbons (Fsp3) is 0.200. The Labute approximate surface area is 144 Å². The Kier molecular flexibility index (Phi) is 3.01. The van der Waals surface area contributed by atoms with E-state index in [2.05, 4.69) is 35.0 Å². The van der Waals surface area contributed by atoms with Crippen LogP contribution in [0.1, 0.15) is 18.5 Å². The number of hydrogen-bond acceptors (Lipinski definition) is 6. The molecular formula is C15H14N9O2+. The summed E-state index contributed by atoms with van der Waals surface area (Å²) in [7, 11) is 0. The second kappa shape index (κ2) is 5.37. The zero-order chi connectivity index (χ0) is 17.7. The topological polar surface area (TPSA) is 144 Å². The first-order valence-electron chi connectivity index (χ1n) is 8.04. The predicted molar refractivity (Wildman–Crippen MR) is 87.1 cm³/mol. The van der Waals surface area contributed by atoms with E-state index >= 15 is 0 Å². The molecule has 0 radical (unpaired) electrons. The second-order valence-electron chi connectivity index (χ2n) is 6.02. The third-order valence-corrected chi connectivity index (χ3v) is 4.02. The van der Waals surface area contributed by atoms with Crippen LogP contribution < -0.4 is 21.1 Å². The third-order valence-electron chi connectivity index (χ3n) is 4.02. The molecule has 4 aromatic rings. The van der Waals surface area contributed by atoms with Crippen LogP contribution in [0.25, 0.3) is 17.7 Å². The SMILES string of the molecule is O=c1[nH]c(O)c(C=c2cnn3c(=NC4CC4)nc(-[n+]4cc[nH]c4)nc23)[nH]1. The van der Waals surface area contributed by atoms with Crippen LogP contribution in [0.15, 0.2) is 34.7 Å². The molecule has 130 valence electrons. The van der Waals surface area contributed by atoms with Crippen molar-refractivity contribution in [2.24, 2.45) is 4.99 Å². The minimum atomic E-state index is -0.493. The zero-order valence-electron chi connectivity index (χ0n) is 13.4. The number of hydrogen-bond donors (Lipinski definition) is 4. The molecule has 4 heterocycles. The Bertz CT molecular complexity index is 1280. The van der Waals surface area contributed by atoms with E-state index < -0.39 is 5.69 Å². The van der Waals surface area contributed by atoms with Crippen LogP contribution in [-0.4, -0.2) is 45.7 Å². The maximum absolute atomic E-state index is 11.3. The lowest BCUT2D eigenvalue weighted by Crippen LogP contribution is -2.36. The van der Waals surface area contributed by atoms with Crippen molar-refractivity contribution in [1.29, 1.82) is 0 Å². The van der Waals surface area contributed by atoms with Crippen molar-refractivity contribution in [3.8, 4) is 11.8 Å². The molecular weight excluding hydrogens is 338 g/mol. The molecule has 11 nitrogen and oxygen atoms in total. The molecule has 1 fully saturated rings. The summed E-state index contributed by atoms with van der Waals surface area (Å²) in [5, 5.41) is 14.7. The molecule has 0 aromatic carbocycles. The van der Waals surface area contributed by atoms with Crippen LogP contribution >= 0.6 is 0 Å². The minimum absolute atomic E-state index is 0.244. The summed E-state index contributed by atoms with van der Waals surface area (Å²) in [6, 6.07) is 0.263. The van der Waals surface area contributed by atoms with Crippen LogP contribution in [0.2, 0.25) is 0 Å². The van der Waals surface area contributed by atoms with Crippen LogP contribution in [0.4, 0.5) is 0 Å². The number of H-pyrrole nitrogens is 3. The highest BCUT2D eigenvalue weighted by molar-refractivity contribution is 5.56. The molecule has 5 rings (SSSR count). The molecule has 1 saturated carbocycles. The monoisotopic (exact) mass is 352 g/mol. The molecule has 0 spiro atoms. The number of imidazole rings is 2. The first-order chi connectivity index (χ1) is 12.7. The maximum atomic E-state index is 11.3. The molecule has 0 aliphatic heterocycles. The highest BCUT2D eigenvalue weighted by atomic mass is 16.3. The van der Waals surface area contributed by atoms with Gasteiger partial charge in [0.1, 0.15) is 5.69 Å². The number of aromatic nitrogens is 8. The largest absolute Gasteiger partial charge is 0.493 e. The van der Waals surface area contributed by atoms with E-state index in [0.29, 0.717) is 22.4 Å². The van der Waals surface area contributed by atoms with E-state index in [1.807, 2.05) is 0 Å². The lowest BCUT2D eigenvalue weighted by atomic mass is 10.3. The third kappa shape index (κ3) is 2.46. The van der Waals surface area contributed by atoms with E-state index in [-0.39, 0.29) is 17.6 Å². The van der Waals surface area contributed by atoms with E-state index in [1.54, 1.807) is 40.1 Å². The van der Waals surface area contributed by atoms with Gasteiger partial charge in [-0.2, -0.15) is 14.2 Å². The van der Waals surface area contributed by atoms with Gasteiger partial charge in [0.15, 0.2) is 6.33 Å². The minimum Gasteiger partial charge on any atom is -0.493 e. The Morgan fingerprint density at radius 3 is 2.92 bits per heavy atom. The van der Waals surface area contributed by atoms with Gasteiger partial charge in [0.05, 0.1) is 29.9 Å². The molecule has 0 saturated heterocycles. The predicted octanol–water partition coefficient (Wildman–Crippen LogP) is -1.94. The Morgan fingerprint density at radius 2 is 2.23 bits per heavy atom. The Morgan fingerprint density at radius 1 is 1.35 bits per heavy atom. The van der Waals surface area contributed by atoms with E-state index in [1.165, 1.54) is 0 Å². The number of rotatable bonds is 3. The number of fused-ring (bicyclic) bond motifs is 1. The van der Waals surface area contributed by atoms with Crippen molar-refractivity contribution in [3.63, 3.8) is 0 Å². The van der Waals surface area contributed by atoms with Crippen molar-refractivity contribution < 1.29 is 9.67 Å². The van der Waals surface area contributed by atoms with Crippen molar-refractivity contribution in [2.75, 3.05) is 0 Å². The van der Waals surface area contributed by atoms with Gasteiger partial charge in [-0.15, -0.1) is 0 Å². The first-order valence-corrected chi connectivity index (χ1v) is 8.04. The Hall–Kier alpha value is -3.76. The summed E-state index contributed by atoms with van der Waals surface area (Å²) in [6.07, 6.45) is 10.5. The molecule has 0 bridgehead atoms. The standard InChI is InChI=1S/C15H13N9O2/c25-12-10(19-15(26)21-12)5-8-6-17-24-11(8)20-13(23-4-3-16-7-23)22-14(24)18-9-1-2-9/h3-7,9H,1-2H2,(H3,17,18,19,20,21,22,25,26)/p+1. The average molecular weight is 352 g/mol. The summed E-state index contributed by atoms with van der Waals surface area (Å²) in [6.45, 7) is 0. The summed E-state index contributed by atoms with van der Waals surface area (Å²) in [4.78, 5) is 32.7. The lowest BCUT2D eigenvalue weighted by Gasteiger charge is -1.94. The summed E-state index contributed by atoms with van der Waals surface area (Å²) < 4.78 is 3.29. The van der Waals surface area contributed by atoms with E-state index in [9.17, 15) is 9.90 Å². The lowest BCUT2D eigenvalue weighted by molar-refractivity contribution is -0.602. The molecule has 4 aromatic heterocycles. The molecule has 1 aliphatic carbocycles. The molecule has 1 aliphatic rings. The summed E-state index contributed by atoms with van der Waals surface area (Å²) >= 11 is 0. The van der Waals surface area contributed by atoms with Gasteiger partial charge in [-0.3, -0.25) is 9.97 Å². The Balaban J connectivity index is 1.80. The molecule has 4 N–H and O–H groups in total. The molecule has 0 unspecified atom stereocenters. The van der Waals surface area contributed by atoms with Crippen molar-refractivity contribution in [2.45, 2.75) is 18.9 Å².